The third-order valence-electron chi connectivity index (χ3n) is 2.97. The van der Waals surface area contributed by atoms with E-state index in [1.54, 1.807) is 6.07 Å². The first-order valence-electron chi connectivity index (χ1n) is 5.98. The van der Waals surface area contributed by atoms with Gasteiger partial charge in [-0.15, -0.1) is 0 Å². The summed E-state index contributed by atoms with van der Waals surface area (Å²) in [6.45, 7) is 0. The van der Waals surface area contributed by atoms with Crippen LogP contribution in [0.4, 0.5) is 0 Å². The van der Waals surface area contributed by atoms with Crippen LogP contribution in [0.2, 0.25) is 0 Å². The summed E-state index contributed by atoms with van der Waals surface area (Å²) in [5.74, 6) is -1.84. The zero-order valence-corrected chi connectivity index (χ0v) is 10.7. The average molecular weight is 289 g/mol. The van der Waals surface area contributed by atoms with Crippen molar-refractivity contribution in [1.29, 1.82) is 5.26 Å². The number of aliphatic hydroxyl groups excluding tert-OH is 2. The fourth-order valence-electron chi connectivity index (χ4n) is 1.89. The number of aromatic carboxylic acids is 1. The number of fused-ring (bicyclic) bond motifs is 1. The topological polar surface area (TPSA) is 132 Å². The molecule has 0 amide bonds. The maximum atomic E-state index is 11.9. The van der Waals surface area contributed by atoms with Crippen LogP contribution in [0.15, 0.2) is 33.5 Å². The summed E-state index contributed by atoms with van der Waals surface area (Å²) in [6, 6.07) is 6.60. The SMILES string of the molecule is N#CCC(O)C(O)c1ccc2oc(C(=O)O)cc(=O)c2c1. The Morgan fingerprint density at radius 2 is 2.05 bits per heavy atom. The molecule has 2 atom stereocenters. The Balaban J connectivity index is 2.50. The molecule has 1 aromatic carbocycles. The molecule has 3 N–H and O–H groups in total. The number of carboxylic acid groups (broad SMARTS) is 1. The number of hydrogen-bond acceptors (Lipinski definition) is 6. The second-order valence-corrected chi connectivity index (χ2v) is 4.41. The van der Waals surface area contributed by atoms with E-state index in [2.05, 4.69) is 0 Å². The molecular weight excluding hydrogens is 278 g/mol. The van der Waals surface area contributed by atoms with E-state index in [-0.39, 0.29) is 23.0 Å². The molecule has 2 rings (SSSR count). The molecular formula is C14H11NO6. The van der Waals surface area contributed by atoms with Crippen molar-refractivity contribution in [2.24, 2.45) is 0 Å². The minimum atomic E-state index is -1.36. The maximum absolute atomic E-state index is 11.9. The molecule has 1 aromatic heterocycles. The maximum Gasteiger partial charge on any atom is 0.371 e. The quantitative estimate of drug-likeness (QED) is 0.758. The predicted octanol–water partition coefficient (Wildman–Crippen LogP) is 0.799. The number of carboxylic acids is 1. The van der Waals surface area contributed by atoms with Gasteiger partial charge in [0.1, 0.15) is 11.7 Å². The Labute approximate surface area is 118 Å². The van der Waals surface area contributed by atoms with Crippen molar-refractivity contribution in [2.75, 3.05) is 0 Å². The third kappa shape index (κ3) is 2.91. The van der Waals surface area contributed by atoms with Crippen molar-refractivity contribution >= 4 is 16.9 Å². The zero-order valence-electron chi connectivity index (χ0n) is 10.7. The lowest BCUT2D eigenvalue weighted by Crippen LogP contribution is -2.17. The molecule has 108 valence electrons. The number of nitriles is 1. The van der Waals surface area contributed by atoms with Crippen LogP contribution in [0, 0.1) is 11.3 Å². The number of rotatable bonds is 4. The van der Waals surface area contributed by atoms with E-state index >= 15 is 0 Å². The lowest BCUT2D eigenvalue weighted by molar-refractivity contribution is 0.0217. The number of benzene rings is 1. The molecule has 7 nitrogen and oxygen atoms in total. The molecule has 2 aromatic rings. The van der Waals surface area contributed by atoms with Gasteiger partial charge >= 0.3 is 5.97 Å². The van der Waals surface area contributed by atoms with E-state index in [1.807, 2.05) is 0 Å². The number of carbonyl (C=O) groups is 1. The Morgan fingerprint density at radius 3 is 2.67 bits per heavy atom. The summed E-state index contributed by atoms with van der Waals surface area (Å²) in [4.78, 5) is 22.7. The van der Waals surface area contributed by atoms with Gasteiger partial charge in [-0.3, -0.25) is 4.79 Å². The van der Waals surface area contributed by atoms with Gasteiger partial charge < -0.3 is 19.7 Å². The normalized spacial score (nSPS) is 13.6. The zero-order chi connectivity index (χ0) is 15.6. The van der Waals surface area contributed by atoms with Crippen molar-refractivity contribution < 1.29 is 24.5 Å². The smallest absolute Gasteiger partial charge is 0.371 e. The molecule has 0 fully saturated rings. The van der Waals surface area contributed by atoms with Gasteiger partial charge in [0.25, 0.3) is 0 Å². The van der Waals surface area contributed by atoms with Gasteiger partial charge in [0.15, 0.2) is 5.43 Å². The number of nitrogens with zero attached hydrogens (tertiary/aromatic N) is 1. The molecule has 7 heteroatoms. The molecule has 2 unspecified atom stereocenters. The fraction of sp³-hybridized carbons (Fsp3) is 0.214. The van der Waals surface area contributed by atoms with E-state index in [9.17, 15) is 19.8 Å². The summed E-state index contributed by atoms with van der Waals surface area (Å²) in [5.41, 5.74) is -0.274. The van der Waals surface area contributed by atoms with E-state index in [0.717, 1.165) is 6.07 Å². The highest BCUT2D eigenvalue weighted by Gasteiger charge is 2.19. The molecule has 0 saturated heterocycles. The summed E-state index contributed by atoms with van der Waals surface area (Å²) < 4.78 is 5.05. The highest BCUT2D eigenvalue weighted by Crippen LogP contribution is 2.22. The molecule has 0 aliphatic rings. The van der Waals surface area contributed by atoms with Crippen LogP contribution in [0.1, 0.15) is 28.6 Å². The van der Waals surface area contributed by atoms with Crippen molar-refractivity contribution in [3.05, 3.63) is 45.8 Å². The molecule has 21 heavy (non-hydrogen) atoms. The lowest BCUT2D eigenvalue weighted by Gasteiger charge is -2.15. The van der Waals surface area contributed by atoms with E-state index in [4.69, 9.17) is 14.8 Å². The second kappa shape index (κ2) is 5.75. The second-order valence-electron chi connectivity index (χ2n) is 4.41. The third-order valence-corrected chi connectivity index (χ3v) is 2.97. The van der Waals surface area contributed by atoms with Crippen molar-refractivity contribution in [3.63, 3.8) is 0 Å². The number of hydrogen-bond donors (Lipinski definition) is 3. The Morgan fingerprint density at radius 1 is 1.33 bits per heavy atom. The molecule has 0 aliphatic heterocycles. The standard InChI is InChI=1S/C14H11NO6/c15-4-3-9(16)13(18)7-1-2-11-8(5-7)10(17)6-12(21-11)14(19)20/h1-2,5-6,9,13,16,18H,3H2,(H,19,20). The van der Waals surface area contributed by atoms with Crippen LogP contribution in [-0.2, 0) is 0 Å². The predicted molar refractivity (Wildman–Crippen MR) is 70.6 cm³/mol. The highest BCUT2D eigenvalue weighted by atomic mass is 16.4. The van der Waals surface area contributed by atoms with Gasteiger partial charge in [-0.2, -0.15) is 5.26 Å². The van der Waals surface area contributed by atoms with E-state index < -0.39 is 29.4 Å². The molecule has 0 aliphatic carbocycles. The summed E-state index contributed by atoms with van der Waals surface area (Å²) in [6.07, 6.45) is -2.86. The fourth-order valence-corrected chi connectivity index (χ4v) is 1.89. The van der Waals surface area contributed by atoms with E-state index in [0.29, 0.717) is 0 Å². The van der Waals surface area contributed by atoms with Crippen LogP contribution in [-0.4, -0.2) is 27.4 Å². The summed E-state index contributed by atoms with van der Waals surface area (Å²) >= 11 is 0. The van der Waals surface area contributed by atoms with E-state index in [1.165, 1.54) is 18.2 Å². The first kappa shape index (κ1) is 14.7. The Kier molecular flexibility index (Phi) is 4.03. The molecule has 0 radical (unpaired) electrons. The molecule has 0 spiro atoms. The Bertz CT molecular complexity index is 788. The largest absolute Gasteiger partial charge is 0.475 e. The van der Waals surface area contributed by atoms with Crippen LogP contribution < -0.4 is 5.43 Å². The summed E-state index contributed by atoms with van der Waals surface area (Å²) in [7, 11) is 0. The first-order valence-corrected chi connectivity index (χ1v) is 5.98. The van der Waals surface area contributed by atoms with Crippen LogP contribution in [0.25, 0.3) is 11.0 Å². The minimum absolute atomic E-state index is 0.0608. The summed E-state index contributed by atoms with van der Waals surface area (Å²) in [5, 5.41) is 36.8. The van der Waals surface area contributed by atoms with Crippen molar-refractivity contribution in [2.45, 2.75) is 18.6 Å². The highest BCUT2D eigenvalue weighted by molar-refractivity contribution is 5.87. The number of aliphatic hydroxyl groups is 2. The van der Waals surface area contributed by atoms with Crippen LogP contribution >= 0.6 is 0 Å². The van der Waals surface area contributed by atoms with Gasteiger partial charge in [0, 0.05) is 6.07 Å². The monoisotopic (exact) mass is 289 g/mol. The van der Waals surface area contributed by atoms with Gasteiger partial charge in [-0.1, -0.05) is 6.07 Å². The van der Waals surface area contributed by atoms with Gasteiger partial charge in [-0.05, 0) is 17.7 Å². The molecule has 1 heterocycles. The van der Waals surface area contributed by atoms with Crippen LogP contribution in [0.5, 0.6) is 0 Å². The lowest BCUT2D eigenvalue weighted by atomic mass is 10.0. The van der Waals surface area contributed by atoms with Crippen molar-refractivity contribution in [1.82, 2.24) is 0 Å². The molecule has 0 bridgehead atoms. The Hall–Kier alpha value is -2.69. The van der Waals surface area contributed by atoms with Gasteiger partial charge in [0.2, 0.25) is 5.76 Å². The minimum Gasteiger partial charge on any atom is -0.475 e. The van der Waals surface area contributed by atoms with Gasteiger partial charge in [-0.25, -0.2) is 4.79 Å². The first-order chi connectivity index (χ1) is 9.93. The average Bonchev–Trinajstić information content (AvgIpc) is 2.46. The van der Waals surface area contributed by atoms with Crippen molar-refractivity contribution in [3.8, 4) is 6.07 Å². The van der Waals surface area contributed by atoms with Gasteiger partial charge in [0.05, 0.1) is 24.0 Å². The van der Waals surface area contributed by atoms with Crippen LogP contribution in [0.3, 0.4) is 0 Å². The molecule has 0 saturated carbocycles.